The number of aliphatic hydroxyl groups excluding tert-OH is 1. The molecule has 0 amide bonds. The van der Waals surface area contributed by atoms with Crippen molar-refractivity contribution >= 4 is 15.9 Å². The molecule has 1 saturated carbocycles. The van der Waals surface area contributed by atoms with Crippen molar-refractivity contribution in [3.63, 3.8) is 0 Å². The third-order valence-electron chi connectivity index (χ3n) is 2.45. The quantitative estimate of drug-likeness (QED) is 0.853. The van der Waals surface area contributed by atoms with Crippen molar-refractivity contribution < 1.29 is 5.11 Å². The van der Waals surface area contributed by atoms with Crippen LogP contribution in [0.4, 0.5) is 0 Å². The van der Waals surface area contributed by atoms with E-state index in [9.17, 15) is 5.11 Å². The maximum atomic E-state index is 9.73. The summed E-state index contributed by atoms with van der Waals surface area (Å²) in [6.07, 6.45) is 4.55. The molecule has 4 heteroatoms. The van der Waals surface area contributed by atoms with Crippen LogP contribution in [0, 0.1) is 0 Å². The molecule has 1 fully saturated rings. The fraction of sp³-hybridized carbons (Fsp3) is 0.545. The van der Waals surface area contributed by atoms with Crippen molar-refractivity contribution in [2.75, 3.05) is 6.54 Å². The lowest BCUT2D eigenvalue weighted by Gasteiger charge is -2.10. The molecule has 0 saturated heterocycles. The number of halogens is 1. The number of nitrogens with one attached hydrogen (secondary N) is 1. The van der Waals surface area contributed by atoms with Gasteiger partial charge in [-0.05, 0) is 40.9 Å². The Morgan fingerprint density at radius 2 is 2.33 bits per heavy atom. The lowest BCUT2D eigenvalue weighted by atomic mass is 10.2. The van der Waals surface area contributed by atoms with E-state index in [1.807, 2.05) is 12.1 Å². The SMILES string of the molecule is OC(CNC1CC1)Cc1ccc(Br)cn1. The zero-order chi connectivity index (χ0) is 10.7. The first-order chi connectivity index (χ1) is 7.24. The van der Waals surface area contributed by atoms with E-state index < -0.39 is 0 Å². The van der Waals surface area contributed by atoms with Gasteiger partial charge in [0.25, 0.3) is 0 Å². The molecule has 1 aliphatic carbocycles. The molecule has 1 unspecified atom stereocenters. The largest absolute Gasteiger partial charge is 0.391 e. The van der Waals surface area contributed by atoms with Crippen molar-refractivity contribution in [1.82, 2.24) is 10.3 Å². The van der Waals surface area contributed by atoms with Gasteiger partial charge in [-0.1, -0.05) is 0 Å². The third kappa shape index (κ3) is 3.89. The van der Waals surface area contributed by atoms with Gasteiger partial charge in [0, 0.05) is 35.4 Å². The number of nitrogens with zero attached hydrogens (tertiary/aromatic N) is 1. The predicted molar refractivity (Wildman–Crippen MR) is 62.7 cm³/mol. The molecule has 0 radical (unpaired) electrons. The summed E-state index contributed by atoms with van der Waals surface area (Å²) in [6, 6.07) is 4.53. The van der Waals surface area contributed by atoms with Gasteiger partial charge in [-0.2, -0.15) is 0 Å². The van der Waals surface area contributed by atoms with E-state index in [0.717, 1.165) is 10.2 Å². The minimum Gasteiger partial charge on any atom is -0.391 e. The minimum absolute atomic E-state index is 0.334. The molecule has 1 heterocycles. The van der Waals surface area contributed by atoms with Crippen molar-refractivity contribution in [3.05, 3.63) is 28.5 Å². The number of rotatable bonds is 5. The highest BCUT2D eigenvalue weighted by Gasteiger charge is 2.21. The minimum atomic E-state index is -0.334. The molecule has 0 spiro atoms. The Kier molecular flexibility index (Phi) is 3.72. The molecule has 1 atom stereocenters. The number of pyridine rings is 1. The van der Waals surface area contributed by atoms with E-state index in [4.69, 9.17) is 0 Å². The van der Waals surface area contributed by atoms with Gasteiger partial charge in [0.05, 0.1) is 6.10 Å². The van der Waals surface area contributed by atoms with Gasteiger partial charge < -0.3 is 10.4 Å². The standard InChI is InChI=1S/C11H15BrN2O/c12-8-1-2-10(13-6-8)5-11(15)7-14-9-3-4-9/h1-2,6,9,11,14-15H,3-5,7H2. The average molecular weight is 271 g/mol. The van der Waals surface area contributed by atoms with Gasteiger partial charge in [0.15, 0.2) is 0 Å². The van der Waals surface area contributed by atoms with Gasteiger partial charge in [-0.3, -0.25) is 4.98 Å². The molecule has 3 nitrogen and oxygen atoms in total. The fourth-order valence-corrected chi connectivity index (χ4v) is 1.67. The highest BCUT2D eigenvalue weighted by atomic mass is 79.9. The maximum absolute atomic E-state index is 9.73. The third-order valence-corrected chi connectivity index (χ3v) is 2.92. The molecule has 2 N–H and O–H groups in total. The van der Waals surface area contributed by atoms with Crippen LogP contribution in [0.15, 0.2) is 22.8 Å². The summed E-state index contributed by atoms with van der Waals surface area (Å²) in [5.74, 6) is 0. The van der Waals surface area contributed by atoms with Crippen LogP contribution in [-0.2, 0) is 6.42 Å². The molecule has 1 aliphatic rings. The van der Waals surface area contributed by atoms with Crippen LogP contribution in [0.3, 0.4) is 0 Å². The molecule has 0 aromatic carbocycles. The van der Waals surface area contributed by atoms with E-state index in [1.54, 1.807) is 6.20 Å². The molecule has 1 aromatic rings. The Morgan fingerprint density at radius 1 is 1.53 bits per heavy atom. The summed E-state index contributed by atoms with van der Waals surface area (Å²) < 4.78 is 0.969. The van der Waals surface area contributed by atoms with Gasteiger partial charge >= 0.3 is 0 Å². The Bertz CT molecular complexity index is 311. The number of aliphatic hydroxyl groups is 1. The van der Waals surface area contributed by atoms with Gasteiger partial charge in [-0.25, -0.2) is 0 Å². The Balaban J connectivity index is 1.76. The second-order valence-electron chi connectivity index (χ2n) is 4.01. The summed E-state index contributed by atoms with van der Waals surface area (Å²) in [6.45, 7) is 0.669. The Hall–Kier alpha value is -0.450. The highest BCUT2D eigenvalue weighted by Crippen LogP contribution is 2.18. The van der Waals surface area contributed by atoms with Gasteiger partial charge in [0.1, 0.15) is 0 Å². The first-order valence-electron chi connectivity index (χ1n) is 5.26. The summed E-state index contributed by atoms with van der Waals surface area (Å²) in [4.78, 5) is 4.23. The summed E-state index contributed by atoms with van der Waals surface area (Å²) >= 11 is 3.33. The molecular formula is C11H15BrN2O. The summed E-state index contributed by atoms with van der Waals surface area (Å²) in [5, 5.41) is 13.0. The van der Waals surface area contributed by atoms with Crippen LogP contribution in [0.2, 0.25) is 0 Å². The molecule has 2 rings (SSSR count). The molecular weight excluding hydrogens is 256 g/mol. The molecule has 1 aromatic heterocycles. The van der Waals surface area contributed by atoms with Crippen LogP contribution < -0.4 is 5.32 Å². The summed E-state index contributed by atoms with van der Waals surface area (Å²) in [5.41, 5.74) is 0.934. The Labute approximate surface area is 98.0 Å². The van der Waals surface area contributed by atoms with Crippen LogP contribution in [0.5, 0.6) is 0 Å². The van der Waals surface area contributed by atoms with Crippen molar-refractivity contribution in [2.24, 2.45) is 0 Å². The average Bonchev–Trinajstić information content (AvgIpc) is 3.02. The molecule has 15 heavy (non-hydrogen) atoms. The van der Waals surface area contributed by atoms with Crippen LogP contribution >= 0.6 is 15.9 Å². The second kappa shape index (κ2) is 5.05. The monoisotopic (exact) mass is 270 g/mol. The topological polar surface area (TPSA) is 45.1 Å². The van der Waals surface area contributed by atoms with Crippen molar-refractivity contribution in [3.8, 4) is 0 Å². The van der Waals surface area contributed by atoms with Gasteiger partial charge in [-0.15, -0.1) is 0 Å². The highest BCUT2D eigenvalue weighted by molar-refractivity contribution is 9.10. The lowest BCUT2D eigenvalue weighted by molar-refractivity contribution is 0.170. The maximum Gasteiger partial charge on any atom is 0.0720 e. The lowest BCUT2D eigenvalue weighted by Crippen LogP contribution is -2.30. The first-order valence-corrected chi connectivity index (χ1v) is 6.05. The zero-order valence-electron chi connectivity index (χ0n) is 8.49. The van der Waals surface area contributed by atoms with Crippen molar-refractivity contribution in [1.29, 1.82) is 0 Å². The van der Waals surface area contributed by atoms with Crippen LogP contribution in [-0.4, -0.2) is 28.8 Å². The van der Waals surface area contributed by atoms with E-state index in [-0.39, 0.29) is 6.10 Å². The fourth-order valence-electron chi connectivity index (χ4n) is 1.43. The smallest absolute Gasteiger partial charge is 0.0720 e. The number of hydrogen-bond donors (Lipinski definition) is 2. The van der Waals surface area contributed by atoms with E-state index in [0.29, 0.717) is 19.0 Å². The van der Waals surface area contributed by atoms with Crippen LogP contribution in [0.1, 0.15) is 18.5 Å². The van der Waals surface area contributed by atoms with E-state index in [1.165, 1.54) is 12.8 Å². The normalized spacial score (nSPS) is 17.7. The summed E-state index contributed by atoms with van der Waals surface area (Å²) in [7, 11) is 0. The molecule has 82 valence electrons. The van der Waals surface area contributed by atoms with E-state index >= 15 is 0 Å². The van der Waals surface area contributed by atoms with Crippen LogP contribution in [0.25, 0.3) is 0 Å². The first kappa shape index (κ1) is 11.0. The second-order valence-corrected chi connectivity index (χ2v) is 4.92. The molecule has 0 aliphatic heterocycles. The van der Waals surface area contributed by atoms with E-state index in [2.05, 4.69) is 26.2 Å². The predicted octanol–water partition coefficient (Wildman–Crippen LogP) is 1.50. The number of hydrogen-bond acceptors (Lipinski definition) is 3. The number of aromatic nitrogens is 1. The van der Waals surface area contributed by atoms with Crippen molar-refractivity contribution in [2.45, 2.75) is 31.4 Å². The Morgan fingerprint density at radius 3 is 2.93 bits per heavy atom. The zero-order valence-corrected chi connectivity index (χ0v) is 10.1. The molecule has 0 bridgehead atoms. The van der Waals surface area contributed by atoms with Gasteiger partial charge in [0.2, 0.25) is 0 Å².